The lowest BCUT2D eigenvalue weighted by molar-refractivity contribution is -0.115. The molecule has 16 heavy (non-hydrogen) atoms. The van der Waals surface area contributed by atoms with Crippen molar-refractivity contribution < 1.29 is 4.79 Å². The average Bonchev–Trinajstić information content (AvgIpc) is 2.17. The SMILES string of the molecule is CN(C)c1ccc(NC(=O)C(Cl)(Cl)Cl)cn1. The molecule has 0 aliphatic rings. The zero-order chi connectivity index (χ0) is 12.3. The summed E-state index contributed by atoms with van der Waals surface area (Å²) in [5.41, 5.74) is 0.474. The number of nitrogens with one attached hydrogen (secondary N) is 1. The van der Waals surface area contributed by atoms with Crippen molar-refractivity contribution in [3.63, 3.8) is 0 Å². The minimum absolute atomic E-state index is 0.474. The molecule has 0 radical (unpaired) electrons. The number of aromatic nitrogens is 1. The maximum Gasteiger partial charge on any atom is 0.276 e. The van der Waals surface area contributed by atoms with Crippen LogP contribution in [0.1, 0.15) is 0 Å². The number of pyridine rings is 1. The molecule has 1 amide bonds. The number of nitrogens with zero attached hydrogens (tertiary/aromatic N) is 2. The molecule has 0 fully saturated rings. The van der Waals surface area contributed by atoms with Gasteiger partial charge in [-0.3, -0.25) is 4.79 Å². The molecule has 0 unspecified atom stereocenters. The van der Waals surface area contributed by atoms with Crippen molar-refractivity contribution >= 4 is 52.2 Å². The third-order valence-electron chi connectivity index (χ3n) is 1.72. The molecule has 7 heteroatoms. The number of hydrogen-bond acceptors (Lipinski definition) is 3. The van der Waals surface area contributed by atoms with E-state index < -0.39 is 9.70 Å². The minimum atomic E-state index is -1.97. The number of carbonyl (C=O) groups excluding carboxylic acids is 1. The number of halogens is 3. The van der Waals surface area contributed by atoms with Crippen molar-refractivity contribution in [2.75, 3.05) is 24.3 Å². The van der Waals surface area contributed by atoms with Crippen molar-refractivity contribution in [2.24, 2.45) is 0 Å². The summed E-state index contributed by atoms with van der Waals surface area (Å²) in [6, 6.07) is 3.42. The maximum absolute atomic E-state index is 11.3. The van der Waals surface area contributed by atoms with Gasteiger partial charge in [-0.2, -0.15) is 0 Å². The van der Waals surface area contributed by atoms with Crippen LogP contribution in [-0.2, 0) is 4.79 Å². The molecule has 0 aromatic carbocycles. The van der Waals surface area contributed by atoms with E-state index in [-0.39, 0.29) is 0 Å². The number of anilines is 2. The van der Waals surface area contributed by atoms with E-state index in [1.807, 2.05) is 19.0 Å². The third-order valence-corrected chi connectivity index (χ3v) is 2.24. The highest BCUT2D eigenvalue weighted by atomic mass is 35.6. The van der Waals surface area contributed by atoms with Crippen LogP contribution >= 0.6 is 34.8 Å². The first-order valence-electron chi connectivity index (χ1n) is 4.32. The van der Waals surface area contributed by atoms with Crippen LogP contribution in [-0.4, -0.2) is 28.8 Å². The van der Waals surface area contributed by atoms with Crippen LogP contribution in [0.5, 0.6) is 0 Å². The monoisotopic (exact) mass is 281 g/mol. The fourth-order valence-electron chi connectivity index (χ4n) is 0.927. The predicted molar refractivity (Wildman–Crippen MR) is 67.5 cm³/mol. The van der Waals surface area contributed by atoms with Crippen molar-refractivity contribution in [3.8, 4) is 0 Å². The molecule has 1 heterocycles. The van der Waals surface area contributed by atoms with Gasteiger partial charge < -0.3 is 10.2 Å². The smallest absolute Gasteiger partial charge is 0.276 e. The minimum Gasteiger partial charge on any atom is -0.363 e. The van der Waals surface area contributed by atoms with Crippen molar-refractivity contribution in [2.45, 2.75) is 3.79 Å². The third kappa shape index (κ3) is 3.70. The van der Waals surface area contributed by atoms with E-state index in [1.165, 1.54) is 6.20 Å². The zero-order valence-corrected chi connectivity index (χ0v) is 10.9. The summed E-state index contributed by atoms with van der Waals surface area (Å²) in [5, 5.41) is 2.43. The zero-order valence-electron chi connectivity index (χ0n) is 8.67. The molecule has 4 nitrogen and oxygen atoms in total. The molecule has 0 saturated carbocycles. The summed E-state index contributed by atoms with van der Waals surface area (Å²) in [5.74, 6) is 0.0591. The average molecular weight is 283 g/mol. The van der Waals surface area contributed by atoms with Crippen LogP contribution < -0.4 is 10.2 Å². The highest BCUT2D eigenvalue weighted by molar-refractivity contribution is 6.76. The molecule has 1 rings (SSSR count). The fourth-order valence-corrected chi connectivity index (χ4v) is 1.07. The second-order valence-electron chi connectivity index (χ2n) is 3.25. The van der Waals surface area contributed by atoms with E-state index in [2.05, 4.69) is 10.3 Å². The predicted octanol–water partition coefficient (Wildman–Crippen LogP) is 2.46. The molecule has 0 aliphatic heterocycles. The van der Waals surface area contributed by atoms with Gasteiger partial charge in [0.15, 0.2) is 0 Å². The fraction of sp³-hybridized carbons (Fsp3) is 0.333. The van der Waals surface area contributed by atoms with Crippen LogP contribution in [0.25, 0.3) is 0 Å². The molecule has 1 aromatic rings. The van der Waals surface area contributed by atoms with Crippen LogP contribution in [0.2, 0.25) is 0 Å². The van der Waals surface area contributed by atoms with Gasteiger partial charge >= 0.3 is 0 Å². The normalized spacial score (nSPS) is 11.1. The van der Waals surface area contributed by atoms with Crippen LogP contribution in [0.4, 0.5) is 11.5 Å². The summed E-state index contributed by atoms with van der Waals surface area (Å²) in [6.45, 7) is 0. The van der Waals surface area contributed by atoms with E-state index in [9.17, 15) is 4.79 Å². The molecule has 1 aromatic heterocycles. The van der Waals surface area contributed by atoms with Crippen molar-refractivity contribution in [3.05, 3.63) is 18.3 Å². The van der Waals surface area contributed by atoms with E-state index in [4.69, 9.17) is 34.8 Å². The number of carbonyl (C=O) groups is 1. The van der Waals surface area contributed by atoms with E-state index >= 15 is 0 Å². The Bertz CT molecular complexity index is 373. The first kappa shape index (κ1) is 13.4. The Hall–Kier alpha value is -0.710. The Balaban J connectivity index is 2.73. The summed E-state index contributed by atoms with van der Waals surface area (Å²) >= 11 is 16.2. The maximum atomic E-state index is 11.3. The van der Waals surface area contributed by atoms with Gasteiger partial charge in [0.05, 0.1) is 11.9 Å². The lowest BCUT2D eigenvalue weighted by atomic mass is 10.4. The quantitative estimate of drug-likeness (QED) is 0.848. The summed E-state index contributed by atoms with van der Waals surface area (Å²) in [4.78, 5) is 17.2. The lowest BCUT2D eigenvalue weighted by Crippen LogP contribution is -2.27. The Labute approximate surface area is 108 Å². The number of hydrogen-bond donors (Lipinski definition) is 1. The summed E-state index contributed by atoms with van der Waals surface area (Å²) in [6.07, 6.45) is 1.49. The summed E-state index contributed by atoms with van der Waals surface area (Å²) in [7, 11) is 3.73. The second-order valence-corrected chi connectivity index (χ2v) is 5.53. The Morgan fingerprint density at radius 2 is 2.00 bits per heavy atom. The molecule has 0 spiro atoms. The lowest BCUT2D eigenvalue weighted by Gasteiger charge is -2.13. The highest BCUT2D eigenvalue weighted by Gasteiger charge is 2.30. The molecule has 88 valence electrons. The van der Waals surface area contributed by atoms with Gasteiger partial charge in [-0.05, 0) is 12.1 Å². The van der Waals surface area contributed by atoms with E-state index in [1.54, 1.807) is 12.1 Å². The van der Waals surface area contributed by atoms with Gasteiger partial charge in [0.2, 0.25) is 0 Å². The molecule has 0 atom stereocenters. The van der Waals surface area contributed by atoms with E-state index in [0.717, 1.165) is 5.82 Å². The van der Waals surface area contributed by atoms with Crippen LogP contribution in [0.15, 0.2) is 18.3 Å². The largest absolute Gasteiger partial charge is 0.363 e. The van der Waals surface area contributed by atoms with Gasteiger partial charge in [-0.25, -0.2) is 4.98 Å². The second kappa shape index (κ2) is 5.08. The Morgan fingerprint density at radius 1 is 1.38 bits per heavy atom. The molecule has 0 aliphatic carbocycles. The number of amides is 1. The highest BCUT2D eigenvalue weighted by Crippen LogP contribution is 2.27. The number of alkyl halides is 3. The van der Waals surface area contributed by atoms with Gasteiger partial charge in [0.1, 0.15) is 5.82 Å². The molecule has 1 N–H and O–H groups in total. The van der Waals surface area contributed by atoms with Gasteiger partial charge in [0, 0.05) is 14.1 Å². The molecular formula is C9H10Cl3N3O. The van der Waals surface area contributed by atoms with Gasteiger partial charge in [0.25, 0.3) is 9.70 Å². The first-order chi connectivity index (χ1) is 7.30. The van der Waals surface area contributed by atoms with Crippen molar-refractivity contribution in [1.29, 1.82) is 0 Å². The summed E-state index contributed by atoms with van der Waals surface area (Å²) < 4.78 is -1.97. The standard InChI is InChI=1S/C9H10Cl3N3O/c1-15(2)7-4-3-6(5-13-7)14-8(16)9(10,11)12/h3-5H,1-2H3,(H,14,16). The Kier molecular flexibility index (Phi) is 4.24. The van der Waals surface area contributed by atoms with E-state index in [0.29, 0.717) is 5.69 Å². The molecule has 0 bridgehead atoms. The molecular weight excluding hydrogens is 272 g/mol. The topological polar surface area (TPSA) is 45.2 Å². The first-order valence-corrected chi connectivity index (χ1v) is 5.45. The van der Waals surface area contributed by atoms with Crippen LogP contribution in [0, 0.1) is 0 Å². The Morgan fingerprint density at radius 3 is 2.38 bits per heavy atom. The van der Waals surface area contributed by atoms with Crippen LogP contribution in [0.3, 0.4) is 0 Å². The molecule has 0 saturated heterocycles. The van der Waals surface area contributed by atoms with Crippen molar-refractivity contribution in [1.82, 2.24) is 4.98 Å². The van der Waals surface area contributed by atoms with Gasteiger partial charge in [-0.1, -0.05) is 34.8 Å². The number of rotatable bonds is 2. The van der Waals surface area contributed by atoms with Gasteiger partial charge in [-0.15, -0.1) is 0 Å².